The lowest BCUT2D eigenvalue weighted by atomic mass is 10.4. The van der Waals surface area contributed by atoms with Crippen molar-refractivity contribution in [1.29, 1.82) is 0 Å². The van der Waals surface area contributed by atoms with Gasteiger partial charge >= 0.3 is 7.69 Å². The van der Waals surface area contributed by atoms with Crippen LogP contribution >= 0.6 is 0 Å². The normalized spacial score (nSPS) is 8.23. The lowest BCUT2D eigenvalue weighted by Gasteiger charge is -1.96. The molecule has 1 radical (unpaired) electrons. The molecule has 3 nitrogen and oxygen atoms in total. The van der Waals surface area contributed by atoms with Gasteiger partial charge in [-0.05, 0) is 12.1 Å². The molecule has 1 heterocycles. The first kappa shape index (κ1) is 12.0. The minimum Gasteiger partial charge on any atom is -0.536 e. The lowest BCUT2D eigenvalue weighted by Crippen LogP contribution is -1.99. The van der Waals surface area contributed by atoms with Gasteiger partial charge in [-0.15, -0.1) is 0 Å². The Morgan fingerprint density at radius 3 is 2.54 bits per heavy atom. The minimum absolute atomic E-state index is 0.528. The predicted octanol–water partition coefficient (Wildman–Crippen LogP) is 1.79. The maximum Gasteiger partial charge on any atom is 0.569 e. The highest BCUT2D eigenvalue weighted by atomic mass is 16.5. The Morgan fingerprint density at radius 2 is 2.15 bits per heavy atom. The molecular weight excluding hydrogens is 165 g/mol. The van der Waals surface area contributed by atoms with Gasteiger partial charge in [0.25, 0.3) is 0 Å². The molecule has 1 rings (SSSR count). The number of hydrogen-bond acceptors (Lipinski definition) is 3. The molecule has 0 bridgehead atoms. The van der Waals surface area contributed by atoms with Crippen molar-refractivity contribution >= 4 is 7.69 Å². The molecule has 0 aliphatic rings. The van der Waals surface area contributed by atoms with Gasteiger partial charge in [-0.1, -0.05) is 26.7 Å². The van der Waals surface area contributed by atoms with Gasteiger partial charge in [-0.3, -0.25) is 4.98 Å². The molecule has 71 valence electrons. The molecule has 4 heteroatoms. The molecule has 0 fully saturated rings. The first-order chi connectivity index (χ1) is 6.35. The molecule has 1 N–H and O–H groups in total. The minimum atomic E-state index is 0.528. The summed E-state index contributed by atoms with van der Waals surface area (Å²) in [7, 11) is 0.622. The van der Waals surface area contributed by atoms with Gasteiger partial charge in [0.15, 0.2) is 0 Å². The summed E-state index contributed by atoms with van der Waals surface area (Å²) in [6, 6.07) is 3.42. The Hall–Kier alpha value is -1.03. The van der Waals surface area contributed by atoms with Crippen LogP contribution in [0.15, 0.2) is 24.5 Å². The standard InChI is InChI=1S/C5H5BNO2.C4H10/c8-6-9-5-2-1-3-7-4-5;1-3-4-2/h1-4,8H;3-4H2,1-2H3. The van der Waals surface area contributed by atoms with E-state index in [2.05, 4.69) is 23.5 Å². The summed E-state index contributed by atoms with van der Waals surface area (Å²) in [5.41, 5.74) is 0. The number of nitrogens with zero attached hydrogens (tertiary/aromatic N) is 1. The molecule has 0 aromatic carbocycles. The molecule has 0 spiro atoms. The Kier molecular flexibility index (Phi) is 8.35. The van der Waals surface area contributed by atoms with Crippen LogP contribution in [-0.2, 0) is 0 Å². The summed E-state index contributed by atoms with van der Waals surface area (Å²) >= 11 is 0. The second kappa shape index (κ2) is 9.07. The van der Waals surface area contributed by atoms with E-state index in [1.807, 2.05) is 0 Å². The summed E-state index contributed by atoms with van der Waals surface area (Å²) in [5, 5.41) is 8.14. The Bertz CT molecular complexity index is 192. The fourth-order valence-electron chi connectivity index (χ4n) is 0.478. The molecule has 13 heavy (non-hydrogen) atoms. The van der Waals surface area contributed by atoms with Crippen LogP contribution in [-0.4, -0.2) is 17.7 Å². The zero-order valence-electron chi connectivity index (χ0n) is 8.10. The quantitative estimate of drug-likeness (QED) is 0.721. The zero-order valence-corrected chi connectivity index (χ0v) is 8.10. The summed E-state index contributed by atoms with van der Waals surface area (Å²) in [5.74, 6) is 0.528. The van der Waals surface area contributed by atoms with Gasteiger partial charge in [-0.25, -0.2) is 0 Å². The van der Waals surface area contributed by atoms with E-state index in [4.69, 9.17) is 5.02 Å². The number of hydrogen-bond donors (Lipinski definition) is 1. The third-order valence-corrected chi connectivity index (χ3v) is 1.32. The van der Waals surface area contributed by atoms with Crippen LogP contribution in [0.2, 0.25) is 0 Å². The number of unbranched alkanes of at least 4 members (excludes halogenated alkanes) is 1. The van der Waals surface area contributed by atoms with Gasteiger partial charge < -0.3 is 9.68 Å². The van der Waals surface area contributed by atoms with Crippen molar-refractivity contribution in [2.75, 3.05) is 0 Å². The van der Waals surface area contributed by atoms with Gasteiger partial charge in [0.05, 0.1) is 6.20 Å². The average molecular weight is 180 g/mol. The fraction of sp³-hybridized carbons (Fsp3) is 0.444. The maximum atomic E-state index is 8.14. The van der Waals surface area contributed by atoms with Crippen LogP contribution in [0.1, 0.15) is 26.7 Å². The van der Waals surface area contributed by atoms with Gasteiger partial charge in [0.1, 0.15) is 5.75 Å². The second-order valence-electron chi connectivity index (χ2n) is 2.41. The van der Waals surface area contributed by atoms with Crippen LogP contribution in [0.4, 0.5) is 0 Å². The molecule has 1 aromatic rings. The Labute approximate surface area is 80.1 Å². The van der Waals surface area contributed by atoms with Crippen LogP contribution in [0.5, 0.6) is 5.75 Å². The van der Waals surface area contributed by atoms with E-state index in [1.54, 1.807) is 18.3 Å². The smallest absolute Gasteiger partial charge is 0.536 e. The third-order valence-electron chi connectivity index (χ3n) is 1.32. The first-order valence-corrected chi connectivity index (χ1v) is 4.37. The van der Waals surface area contributed by atoms with Crippen molar-refractivity contribution in [3.63, 3.8) is 0 Å². The second-order valence-corrected chi connectivity index (χ2v) is 2.41. The highest BCUT2D eigenvalue weighted by Gasteiger charge is 1.89. The molecule has 1 aromatic heterocycles. The number of pyridine rings is 1. The largest absolute Gasteiger partial charge is 0.569 e. The monoisotopic (exact) mass is 180 g/mol. The van der Waals surface area contributed by atoms with E-state index in [1.165, 1.54) is 19.0 Å². The molecule has 0 saturated heterocycles. The third kappa shape index (κ3) is 7.34. The summed E-state index contributed by atoms with van der Waals surface area (Å²) in [6.07, 6.45) is 5.77. The molecule has 0 amide bonds. The van der Waals surface area contributed by atoms with Gasteiger partial charge in [-0.2, -0.15) is 0 Å². The van der Waals surface area contributed by atoms with Crippen LogP contribution in [0.3, 0.4) is 0 Å². The molecule has 0 aliphatic carbocycles. The van der Waals surface area contributed by atoms with E-state index < -0.39 is 0 Å². The number of aromatic nitrogens is 1. The molecule has 0 unspecified atom stereocenters. The van der Waals surface area contributed by atoms with Gasteiger partial charge in [0, 0.05) is 6.20 Å². The van der Waals surface area contributed by atoms with Crippen molar-refractivity contribution in [3.05, 3.63) is 24.5 Å². The first-order valence-electron chi connectivity index (χ1n) is 4.37. The molecule has 0 aliphatic heterocycles. The van der Waals surface area contributed by atoms with E-state index in [0.29, 0.717) is 13.4 Å². The highest BCUT2D eigenvalue weighted by molar-refractivity contribution is 6.17. The van der Waals surface area contributed by atoms with E-state index >= 15 is 0 Å². The average Bonchev–Trinajstić information content (AvgIpc) is 2.20. The van der Waals surface area contributed by atoms with E-state index in [9.17, 15) is 0 Å². The van der Waals surface area contributed by atoms with Crippen molar-refractivity contribution in [1.82, 2.24) is 4.98 Å². The van der Waals surface area contributed by atoms with Crippen molar-refractivity contribution in [3.8, 4) is 5.75 Å². The van der Waals surface area contributed by atoms with E-state index in [-0.39, 0.29) is 0 Å². The van der Waals surface area contributed by atoms with Crippen molar-refractivity contribution in [2.24, 2.45) is 0 Å². The lowest BCUT2D eigenvalue weighted by molar-refractivity contribution is 0.452. The Morgan fingerprint density at radius 1 is 1.46 bits per heavy atom. The van der Waals surface area contributed by atoms with Gasteiger partial charge in [0.2, 0.25) is 0 Å². The molecular formula is C9H15BNO2. The van der Waals surface area contributed by atoms with Crippen molar-refractivity contribution < 1.29 is 9.68 Å². The van der Waals surface area contributed by atoms with E-state index in [0.717, 1.165) is 0 Å². The predicted molar refractivity (Wildman–Crippen MR) is 53.4 cm³/mol. The maximum absolute atomic E-state index is 8.14. The SMILES string of the molecule is CCCC.O[B]Oc1cccnc1. The summed E-state index contributed by atoms with van der Waals surface area (Å²) in [4.78, 5) is 3.75. The highest BCUT2D eigenvalue weighted by Crippen LogP contribution is 2.03. The summed E-state index contributed by atoms with van der Waals surface area (Å²) < 4.78 is 4.57. The van der Waals surface area contributed by atoms with Crippen LogP contribution < -0.4 is 4.65 Å². The van der Waals surface area contributed by atoms with Crippen LogP contribution in [0, 0.1) is 0 Å². The topological polar surface area (TPSA) is 42.4 Å². The summed E-state index contributed by atoms with van der Waals surface area (Å²) in [6.45, 7) is 4.36. The van der Waals surface area contributed by atoms with Crippen LogP contribution in [0.25, 0.3) is 0 Å². The van der Waals surface area contributed by atoms with Crippen molar-refractivity contribution in [2.45, 2.75) is 26.7 Å². The number of rotatable bonds is 3. The molecule has 0 saturated carbocycles. The Balaban J connectivity index is 0.000000310. The zero-order chi connectivity index (χ0) is 9.94. The molecule has 0 atom stereocenters. The fourth-order valence-corrected chi connectivity index (χ4v) is 0.478.